The highest BCUT2D eigenvalue weighted by Gasteiger charge is 2.33. The Kier molecular flexibility index (Phi) is 4.79. The summed E-state index contributed by atoms with van der Waals surface area (Å²) in [6.45, 7) is 13.5. The number of ketones is 1. The molecular formula is C15H28N2O. The van der Waals surface area contributed by atoms with Gasteiger partial charge in [0.25, 0.3) is 0 Å². The van der Waals surface area contributed by atoms with E-state index < -0.39 is 0 Å². The van der Waals surface area contributed by atoms with Crippen molar-refractivity contribution in [1.29, 1.82) is 0 Å². The Hall–Kier alpha value is -0.410. The van der Waals surface area contributed by atoms with Crippen LogP contribution in [0.1, 0.15) is 33.6 Å². The highest BCUT2D eigenvalue weighted by atomic mass is 16.1. The van der Waals surface area contributed by atoms with Crippen molar-refractivity contribution in [3.05, 3.63) is 0 Å². The lowest BCUT2D eigenvalue weighted by atomic mass is 9.74. The molecule has 2 aliphatic rings. The molecule has 0 bridgehead atoms. The summed E-state index contributed by atoms with van der Waals surface area (Å²) in [5, 5.41) is 0. The van der Waals surface area contributed by atoms with Gasteiger partial charge in [-0.25, -0.2) is 0 Å². The average Bonchev–Trinajstić information content (AvgIpc) is 2.34. The number of likely N-dealkylation sites (N-methyl/N-ethyl adjacent to an activating group) is 1. The van der Waals surface area contributed by atoms with Gasteiger partial charge in [-0.05, 0) is 24.8 Å². The smallest absolute Gasteiger partial charge is 0.137 e. The number of nitrogens with zero attached hydrogens (tertiary/aromatic N) is 2. The van der Waals surface area contributed by atoms with Crippen LogP contribution in [0.15, 0.2) is 0 Å². The van der Waals surface area contributed by atoms with Crippen LogP contribution < -0.4 is 0 Å². The Morgan fingerprint density at radius 3 is 2.28 bits per heavy atom. The summed E-state index contributed by atoms with van der Waals surface area (Å²) >= 11 is 0. The number of carbonyl (C=O) groups excluding carboxylic acids is 1. The maximum Gasteiger partial charge on any atom is 0.137 e. The SMILES string of the molecule is CCN1CCN(CC2C(=O)CC(C)CC2C)CC1. The second-order valence-electron chi connectivity index (χ2n) is 6.33. The number of hydrogen-bond acceptors (Lipinski definition) is 3. The van der Waals surface area contributed by atoms with Gasteiger partial charge in [0.05, 0.1) is 0 Å². The molecule has 0 spiro atoms. The first-order valence-corrected chi connectivity index (χ1v) is 7.57. The third-order valence-electron chi connectivity index (χ3n) is 4.79. The maximum absolute atomic E-state index is 12.2. The summed E-state index contributed by atoms with van der Waals surface area (Å²) < 4.78 is 0. The van der Waals surface area contributed by atoms with Crippen LogP contribution >= 0.6 is 0 Å². The molecule has 0 aromatic carbocycles. The topological polar surface area (TPSA) is 23.6 Å². The van der Waals surface area contributed by atoms with Gasteiger partial charge in [0.1, 0.15) is 5.78 Å². The Balaban J connectivity index is 1.84. The summed E-state index contributed by atoms with van der Waals surface area (Å²) in [5.41, 5.74) is 0. The van der Waals surface area contributed by atoms with E-state index in [1.165, 1.54) is 19.5 Å². The second kappa shape index (κ2) is 6.16. The van der Waals surface area contributed by atoms with Crippen LogP contribution in [0.3, 0.4) is 0 Å². The van der Waals surface area contributed by atoms with E-state index in [2.05, 4.69) is 30.6 Å². The minimum Gasteiger partial charge on any atom is -0.301 e. The average molecular weight is 252 g/mol. The number of rotatable bonds is 3. The lowest BCUT2D eigenvalue weighted by molar-refractivity contribution is -0.128. The molecule has 1 aliphatic heterocycles. The summed E-state index contributed by atoms with van der Waals surface area (Å²) in [7, 11) is 0. The molecule has 2 rings (SSSR count). The van der Waals surface area contributed by atoms with E-state index in [1.54, 1.807) is 0 Å². The Morgan fingerprint density at radius 2 is 1.72 bits per heavy atom. The first-order chi connectivity index (χ1) is 8.60. The van der Waals surface area contributed by atoms with Crippen molar-refractivity contribution in [2.24, 2.45) is 17.8 Å². The Morgan fingerprint density at radius 1 is 1.11 bits per heavy atom. The van der Waals surface area contributed by atoms with E-state index >= 15 is 0 Å². The zero-order valence-electron chi connectivity index (χ0n) is 12.2. The number of carbonyl (C=O) groups is 1. The van der Waals surface area contributed by atoms with Crippen LogP contribution in [0.5, 0.6) is 0 Å². The zero-order valence-corrected chi connectivity index (χ0v) is 12.2. The molecule has 0 amide bonds. The van der Waals surface area contributed by atoms with Gasteiger partial charge in [0.2, 0.25) is 0 Å². The van der Waals surface area contributed by atoms with Crippen molar-refractivity contribution in [1.82, 2.24) is 9.80 Å². The van der Waals surface area contributed by atoms with E-state index in [-0.39, 0.29) is 0 Å². The number of hydrogen-bond donors (Lipinski definition) is 0. The van der Waals surface area contributed by atoms with Crippen LogP contribution in [-0.2, 0) is 4.79 Å². The van der Waals surface area contributed by atoms with Crippen molar-refractivity contribution in [2.75, 3.05) is 39.3 Å². The van der Waals surface area contributed by atoms with E-state index in [0.29, 0.717) is 23.5 Å². The van der Waals surface area contributed by atoms with E-state index in [0.717, 1.165) is 32.6 Å². The third-order valence-corrected chi connectivity index (χ3v) is 4.79. The molecule has 0 radical (unpaired) electrons. The summed E-state index contributed by atoms with van der Waals surface area (Å²) in [5.74, 6) is 1.99. The molecule has 0 aromatic heterocycles. The number of Topliss-reactive ketones (excluding diaryl/α,β-unsaturated/α-hetero) is 1. The van der Waals surface area contributed by atoms with Crippen LogP contribution in [0.2, 0.25) is 0 Å². The Labute approximate surface area is 112 Å². The summed E-state index contributed by atoms with van der Waals surface area (Å²) in [6.07, 6.45) is 2.04. The quantitative estimate of drug-likeness (QED) is 0.766. The largest absolute Gasteiger partial charge is 0.301 e. The van der Waals surface area contributed by atoms with Gasteiger partial charge in [0, 0.05) is 45.1 Å². The van der Waals surface area contributed by atoms with Gasteiger partial charge >= 0.3 is 0 Å². The highest BCUT2D eigenvalue weighted by Crippen LogP contribution is 2.31. The van der Waals surface area contributed by atoms with E-state index in [4.69, 9.17) is 0 Å². The minimum absolute atomic E-state index is 0.300. The van der Waals surface area contributed by atoms with Crippen LogP contribution in [0.25, 0.3) is 0 Å². The summed E-state index contributed by atoms with van der Waals surface area (Å²) in [6, 6.07) is 0. The molecule has 3 nitrogen and oxygen atoms in total. The third kappa shape index (κ3) is 3.33. The van der Waals surface area contributed by atoms with Crippen LogP contribution in [0, 0.1) is 17.8 Å². The normalized spacial score (nSPS) is 35.9. The fourth-order valence-electron chi connectivity index (χ4n) is 3.54. The molecule has 0 aromatic rings. The van der Waals surface area contributed by atoms with Gasteiger partial charge in [-0.2, -0.15) is 0 Å². The predicted molar refractivity (Wildman–Crippen MR) is 74.6 cm³/mol. The number of piperazine rings is 1. The fourth-order valence-corrected chi connectivity index (χ4v) is 3.54. The monoisotopic (exact) mass is 252 g/mol. The standard InChI is InChI=1S/C15H28N2O/c1-4-16-5-7-17(8-6-16)11-14-13(3)9-12(2)10-15(14)18/h12-14H,4-11H2,1-3H3. The van der Waals surface area contributed by atoms with Crippen molar-refractivity contribution in [2.45, 2.75) is 33.6 Å². The molecule has 1 aliphatic carbocycles. The first kappa shape index (κ1) is 14.0. The molecule has 1 heterocycles. The van der Waals surface area contributed by atoms with Crippen molar-refractivity contribution in [3.8, 4) is 0 Å². The molecule has 0 N–H and O–H groups in total. The van der Waals surface area contributed by atoms with Gasteiger partial charge in [-0.3, -0.25) is 4.79 Å². The van der Waals surface area contributed by atoms with Crippen molar-refractivity contribution < 1.29 is 4.79 Å². The Bertz CT molecular complexity index is 284. The molecule has 18 heavy (non-hydrogen) atoms. The van der Waals surface area contributed by atoms with Crippen molar-refractivity contribution >= 4 is 5.78 Å². The van der Waals surface area contributed by atoms with Gasteiger partial charge in [0.15, 0.2) is 0 Å². The first-order valence-electron chi connectivity index (χ1n) is 7.57. The molecule has 1 saturated heterocycles. The molecule has 1 saturated carbocycles. The van der Waals surface area contributed by atoms with Crippen molar-refractivity contribution in [3.63, 3.8) is 0 Å². The molecule has 3 unspecified atom stereocenters. The lowest BCUT2D eigenvalue weighted by Gasteiger charge is -2.39. The van der Waals surface area contributed by atoms with Gasteiger partial charge in [-0.15, -0.1) is 0 Å². The highest BCUT2D eigenvalue weighted by molar-refractivity contribution is 5.82. The molecule has 3 heteroatoms. The zero-order chi connectivity index (χ0) is 13.1. The molecule has 2 fully saturated rings. The minimum atomic E-state index is 0.300. The molecular weight excluding hydrogens is 224 g/mol. The molecule has 104 valence electrons. The molecule has 3 atom stereocenters. The lowest BCUT2D eigenvalue weighted by Crippen LogP contribution is -2.49. The fraction of sp³-hybridized carbons (Fsp3) is 0.933. The van der Waals surface area contributed by atoms with E-state index in [9.17, 15) is 4.79 Å². The maximum atomic E-state index is 12.2. The summed E-state index contributed by atoms with van der Waals surface area (Å²) in [4.78, 5) is 17.2. The van der Waals surface area contributed by atoms with Gasteiger partial charge in [-0.1, -0.05) is 20.8 Å². The van der Waals surface area contributed by atoms with E-state index in [1.807, 2.05) is 0 Å². The van der Waals surface area contributed by atoms with Crippen LogP contribution in [-0.4, -0.2) is 54.9 Å². The second-order valence-corrected chi connectivity index (χ2v) is 6.33. The van der Waals surface area contributed by atoms with Gasteiger partial charge < -0.3 is 9.80 Å². The van der Waals surface area contributed by atoms with Crippen LogP contribution in [0.4, 0.5) is 0 Å². The predicted octanol–water partition coefficient (Wildman–Crippen LogP) is 1.88.